The molecule has 0 aromatic heterocycles. The van der Waals surface area contributed by atoms with Crippen molar-refractivity contribution in [1.29, 1.82) is 0 Å². The van der Waals surface area contributed by atoms with Crippen LogP contribution in [0.1, 0.15) is 6.92 Å². The number of carbonyl (C=O) groups excluding carboxylic acids is 1. The Morgan fingerprint density at radius 1 is 1.67 bits per heavy atom. The minimum absolute atomic E-state index is 0.310. The van der Waals surface area contributed by atoms with Gasteiger partial charge in [-0.05, 0) is 6.92 Å². The number of rotatable bonds is 3. The summed E-state index contributed by atoms with van der Waals surface area (Å²) in [6, 6.07) is 0. The van der Waals surface area contributed by atoms with Crippen molar-refractivity contribution >= 4 is 5.91 Å². The molecule has 0 unspecified atom stereocenters. The van der Waals surface area contributed by atoms with E-state index in [9.17, 15) is 4.79 Å². The van der Waals surface area contributed by atoms with Crippen molar-refractivity contribution in [2.75, 3.05) is 6.54 Å². The molecule has 0 aliphatic heterocycles. The molecule has 5 N–H and O–H groups in total. The lowest BCUT2D eigenvalue weighted by atomic mass is 10.5. The van der Waals surface area contributed by atoms with E-state index in [2.05, 4.69) is 5.32 Å². The highest BCUT2D eigenvalue weighted by Crippen LogP contribution is 1.73. The first kappa shape index (κ1) is 7.81. The van der Waals surface area contributed by atoms with Gasteiger partial charge in [0, 0.05) is 12.6 Å². The van der Waals surface area contributed by atoms with E-state index in [0.29, 0.717) is 12.4 Å². The van der Waals surface area contributed by atoms with Crippen LogP contribution in [0.25, 0.3) is 0 Å². The fourth-order valence-electron chi connectivity index (χ4n) is 0.408. The highest BCUT2D eigenvalue weighted by molar-refractivity contribution is 5.86. The van der Waals surface area contributed by atoms with Gasteiger partial charge in [0.25, 0.3) is 0 Å². The summed E-state index contributed by atoms with van der Waals surface area (Å²) in [5, 5.41) is 2.71. The minimum Gasteiger partial charge on any atom is -0.385 e. The maximum absolute atomic E-state index is 10.1. The number of nitrogens with one attached hydrogen (secondary N) is 1. The van der Waals surface area contributed by atoms with Crippen molar-refractivity contribution in [3.8, 4) is 0 Å². The van der Waals surface area contributed by atoms with Crippen LogP contribution in [0.4, 0.5) is 0 Å². The van der Waals surface area contributed by atoms with Gasteiger partial charge in [-0.15, -0.1) is 0 Å². The molecule has 9 heavy (non-hydrogen) atoms. The van der Waals surface area contributed by atoms with E-state index < -0.39 is 5.91 Å². The second-order valence-corrected chi connectivity index (χ2v) is 1.53. The summed E-state index contributed by atoms with van der Waals surface area (Å²) in [7, 11) is 0. The van der Waals surface area contributed by atoms with Gasteiger partial charge in [-0.2, -0.15) is 0 Å². The second kappa shape index (κ2) is 3.77. The Morgan fingerprint density at radius 3 is 2.56 bits per heavy atom. The van der Waals surface area contributed by atoms with E-state index in [4.69, 9.17) is 11.5 Å². The van der Waals surface area contributed by atoms with Gasteiger partial charge in [-0.1, -0.05) is 0 Å². The molecule has 0 rings (SSSR count). The van der Waals surface area contributed by atoms with Gasteiger partial charge in [0.1, 0.15) is 5.82 Å². The number of primary amides is 1. The van der Waals surface area contributed by atoms with E-state index >= 15 is 0 Å². The maximum Gasteiger partial charge on any atom is 0.245 e. The SMILES string of the molecule is CCN/C(N)=C\C(N)=O. The first-order chi connectivity index (χ1) is 4.16. The van der Waals surface area contributed by atoms with Crippen molar-refractivity contribution in [3.05, 3.63) is 11.9 Å². The number of carbonyl (C=O) groups is 1. The lowest BCUT2D eigenvalue weighted by Gasteiger charge is -1.98. The Hall–Kier alpha value is -1.19. The molecule has 0 aromatic rings. The molecule has 0 aliphatic rings. The zero-order valence-corrected chi connectivity index (χ0v) is 5.35. The van der Waals surface area contributed by atoms with E-state index in [0.717, 1.165) is 6.08 Å². The zero-order valence-electron chi connectivity index (χ0n) is 5.35. The fraction of sp³-hybridized carbons (Fsp3) is 0.400. The minimum atomic E-state index is -0.534. The summed E-state index contributed by atoms with van der Waals surface area (Å²) in [4.78, 5) is 10.1. The molecule has 0 spiro atoms. The number of hydrogen-bond donors (Lipinski definition) is 3. The average molecular weight is 129 g/mol. The largest absolute Gasteiger partial charge is 0.385 e. The second-order valence-electron chi connectivity index (χ2n) is 1.53. The van der Waals surface area contributed by atoms with Gasteiger partial charge in [0.05, 0.1) is 0 Å². The van der Waals surface area contributed by atoms with Gasteiger partial charge in [0.15, 0.2) is 0 Å². The van der Waals surface area contributed by atoms with Gasteiger partial charge >= 0.3 is 0 Å². The predicted octanol–water partition coefficient (Wildman–Crippen LogP) is -1.12. The van der Waals surface area contributed by atoms with Crippen molar-refractivity contribution in [1.82, 2.24) is 5.32 Å². The molecule has 0 fully saturated rings. The molecule has 0 radical (unpaired) electrons. The molecular formula is C5H11N3O. The third-order valence-electron chi connectivity index (χ3n) is 0.679. The van der Waals surface area contributed by atoms with E-state index in [1.54, 1.807) is 0 Å². The van der Waals surface area contributed by atoms with E-state index in [-0.39, 0.29) is 0 Å². The van der Waals surface area contributed by atoms with Crippen LogP contribution in [0, 0.1) is 0 Å². The van der Waals surface area contributed by atoms with Crippen molar-refractivity contribution in [3.63, 3.8) is 0 Å². The topological polar surface area (TPSA) is 81.1 Å². The van der Waals surface area contributed by atoms with Gasteiger partial charge in [0.2, 0.25) is 5.91 Å². The summed E-state index contributed by atoms with van der Waals surface area (Å²) < 4.78 is 0. The summed E-state index contributed by atoms with van der Waals surface area (Å²) >= 11 is 0. The fourth-order valence-corrected chi connectivity index (χ4v) is 0.408. The standard InChI is InChI=1S/C5H11N3O/c1-2-8-4(6)3-5(7)9/h3,8H,2,6H2,1H3,(H2,7,9)/b4-3-. The van der Waals surface area contributed by atoms with Crippen molar-refractivity contribution in [2.45, 2.75) is 6.92 Å². The van der Waals surface area contributed by atoms with Crippen molar-refractivity contribution < 1.29 is 4.79 Å². The first-order valence-electron chi connectivity index (χ1n) is 2.67. The number of hydrogen-bond acceptors (Lipinski definition) is 3. The summed E-state index contributed by atoms with van der Waals surface area (Å²) in [6.45, 7) is 2.57. The summed E-state index contributed by atoms with van der Waals surface area (Å²) in [5.74, 6) is -0.224. The molecule has 4 heteroatoms. The number of amides is 1. The molecule has 0 aromatic carbocycles. The van der Waals surface area contributed by atoms with Gasteiger partial charge in [-0.3, -0.25) is 4.79 Å². The molecule has 0 aliphatic carbocycles. The van der Waals surface area contributed by atoms with E-state index in [1.165, 1.54) is 0 Å². The zero-order chi connectivity index (χ0) is 7.28. The molecular weight excluding hydrogens is 118 g/mol. The van der Waals surface area contributed by atoms with Crippen LogP contribution < -0.4 is 16.8 Å². The van der Waals surface area contributed by atoms with Crippen molar-refractivity contribution in [2.24, 2.45) is 11.5 Å². The quantitative estimate of drug-likeness (QED) is 0.422. The van der Waals surface area contributed by atoms with Gasteiger partial charge in [-0.25, -0.2) is 0 Å². The lowest BCUT2D eigenvalue weighted by molar-refractivity contribution is -0.113. The van der Waals surface area contributed by atoms with Crippen LogP contribution in [0.3, 0.4) is 0 Å². The Bertz CT molecular complexity index is 130. The third-order valence-corrected chi connectivity index (χ3v) is 0.679. The van der Waals surface area contributed by atoms with Crippen LogP contribution in [0.5, 0.6) is 0 Å². The monoisotopic (exact) mass is 129 g/mol. The van der Waals surface area contributed by atoms with Gasteiger partial charge < -0.3 is 16.8 Å². The smallest absolute Gasteiger partial charge is 0.245 e. The predicted molar refractivity (Wildman–Crippen MR) is 35.1 cm³/mol. The Kier molecular flexibility index (Phi) is 3.27. The highest BCUT2D eigenvalue weighted by atomic mass is 16.1. The Balaban J connectivity index is 3.69. The van der Waals surface area contributed by atoms with Crippen LogP contribution in [-0.4, -0.2) is 12.5 Å². The van der Waals surface area contributed by atoms with Crippen LogP contribution in [0.15, 0.2) is 11.9 Å². The van der Waals surface area contributed by atoms with E-state index in [1.807, 2.05) is 6.92 Å². The molecule has 0 atom stereocenters. The highest BCUT2D eigenvalue weighted by Gasteiger charge is 1.87. The molecule has 0 saturated carbocycles. The Morgan fingerprint density at radius 2 is 2.22 bits per heavy atom. The van der Waals surface area contributed by atoms with Crippen LogP contribution in [-0.2, 0) is 4.79 Å². The Labute approximate surface area is 53.9 Å². The maximum atomic E-state index is 10.1. The molecule has 4 nitrogen and oxygen atoms in total. The average Bonchev–Trinajstić information content (AvgIpc) is 1.63. The molecule has 0 saturated heterocycles. The normalized spacial score (nSPS) is 11.0. The molecule has 0 bridgehead atoms. The molecule has 1 amide bonds. The third kappa shape index (κ3) is 4.67. The summed E-state index contributed by atoms with van der Waals surface area (Å²) in [6.07, 6.45) is 1.14. The lowest BCUT2D eigenvalue weighted by Crippen LogP contribution is -2.22. The molecule has 52 valence electrons. The van der Waals surface area contributed by atoms with Crippen LogP contribution >= 0.6 is 0 Å². The van der Waals surface area contributed by atoms with Crippen LogP contribution in [0.2, 0.25) is 0 Å². The summed E-state index contributed by atoms with van der Waals surface area (Å²) in [5.41, 5.74) is 10.0. The first-order valence-corrected chi connectivity index (χ1v) is 2.67. The number of nitrogens with two attached hydrogens (primary N) is 2. The molecule has 0 heterocycles.